The van der Waals surface area contributed by atoms with Crippen molar-refractivity contribution in [2.75, 3.05) is 18.5 Å². The molecule has 0 saturated heterocycles. The average molecular weight is 369 g/mol. The molecule has 2 aromatic carbocycles. The van der Waals surface area contributed by atoms with Gasteiger partial charge in [-0.2, -0.15) is 0 Å². The lowest BCUT2D eigenvalue weighted by atomic mass is 10.1. The molecule has 0 unspecified atom stereocenters. The lowest BCUT2D eigenvalue weighted by molar-refractivity contribution is 0.0527. The first-order chi connectivity index (χ1) is 13.2. The van der Waals surface area contributed by atoms with Gasteiger partial charge in [0.15, 0.2) is 0 Å². The van der Waals surface area contributed by atoms with Gasteiger partial charge in [0.2, 0.25) is 0 Å². The third-order valence-corrected chi connectivity index (χ3v) is 4.05. The first kappa shape index (κ1) is 20.5. The van der Waals surface area contributed by atoms with Crippen LogP contribution in [0.3, 0.4) is 0 Å². The van der Waals surface area contributed by atoms with Crippen molar-refractivity contribution in [2.24, 2.45) is 0 Å². The molecule has 27 heavy (non-hydrogen) atoms. The Morgan fingerprint density at radius 2 is 1.67 bits per heavy atom. The first-order valence-corrected chi connectivity index (χ1v) is 9.46. The summed E-state index contributed by atoms with van der Waals surface area (Å²) in [6.07, 6.45) is 4.61. The maximum absolute atomic E-state index is 12.5. The van der Waals surface area contributed by atoms with Crippen molar-refractivity contribution in [2.45, 2.75) is 39.5 Å². The fraction of sp³-hybridized carbons (Fsp3) is 0.364. The van der Waals surface area contributed by atoms with Crippen molar-refractivity contribution in [3.63, 3.8) is 0 Å². The second-order valence-corrected chi connectivity index (χ2v) is 6.15. The molecule has 2 rings (SSSR count). The van der Waals surface area contributed by atoms with E-state index in [2.05, 4.69) is 12.2 Å². The van der Waals surface area contributed by atoms with Gasteiger partial charge in [0.25, 0.3) is 5.91 Å². The number of amides is 1. The third kappa shape index (κ3) is 6.44. The molecule has 1 N–H and O–H groups in total. The second-order valence-electron chi connectivity index (χ2n) is 6.15. The molecule has 0 radical (unpaired) electrons. The number of anilines is 1. The predicted molar refractivity (Wildman–Crippen MR) is 106 cm³/mol. The van der Waals surface area contributed by atoms with E-state index in [0.29, 0.717) is 23.4 Å². The van der Waals surface area contributed by atoms with Crippen LogP contribution in [-0.4, -0.2) is 25.1 Å². The van der Waals surface area contributed by atoms with Crippen LogP contribution in [0.2, 0.25) is 0 Å². The van der Waals surface area contributed by atoms with Gasteiger partial charge in [-0.25, -0.2) is 4.79 Å². The zero-order chi connectivity index (χ0) is 19.5. The summed E-state index contributed by atoms with van der Waals surface area (Å²) in [6, 6.07) is 13.8. The fourth-order valence-electron chi connectivity index (χ4n) is 2.59. The number of unbranched alkanes of at least 4 members (excludes halogenated alkanes) is 3. The van der Waals surface area contributed by atoms with Crippen LogP contribution in [0.4, 0.5) is 5.69 Å². The van der Waals surface area contributed by atoms with Gasteiger partial charge in [-0.15, -0.1) is 0 Å². The Kier molecular flexibility index (Phi) is 8.36. The van der Waals surface area contributed by atoms with Crippen molar-refractivity contribution in [1.82, 2.24) is 0 Å². The van der Waals surface area contributed by atoms with Crippen LogP contribution in [0.15, 0.2) is 48.5 Å². The van der Waals surface area contributed by atoms with E-state index in [9.17, 15) is 9.59 Å². The monoisotopic (exact) mass is 369 g/mol. The van der Waals surface area contributed by atoms with Gasteiger partial charge in [0.05, 0.1) is 24.5 Å². The maximum Gasteiger partial charge on any atom is 0.340 e. The number of hydrogen-bond donors (Lipinski definition) is 1. The van der Waals surface area contributed by atoms with Crippen molar-refractivity contribution in [3.05, 3.63) is 59.7 Å². The Morgan fingerprint density at radius 1 is 0.926 bits per heavy atom. The molecule has 0 saturated carbocycles. The van der Waals surface area contributed by atoms with Gasteiger partial charge in [-0.1, -0.05) is 38.3 Å². The van der Waals surface area contributed by atoms with Crippen LogP contribution in [0.1, 0.15) is 60.2 Å². The van der Waals surface area contributed by atoms with Gasteiger partial charge < -0.3 is 14.8 Å². The smallest absolute Gasteiger partial charge is 0.340 e. The zero-order valence-corrected chi connectivity index (χ0v) is 16.0. The predicted octanol–water partition coefficient (Wildman–Crippen LogP) is 5.07. The summed E-state index contributed by atoms with van der Waals surface area (Å²) in [5, 5.41) is 2.77. The topological polar surface area (TPSA) is 64.6 Å². The molecule has 5 heteroatoms. The standard InChI is InChI=1S/C22H27NO4/c1-3-5-6-9-16-27-18-14-12-17(13-15-18)21(24)23-20-11-8-7-10-19(20)22(25)26-4-2/h7-8,10-15H,3-6,9,16H2,1-2H3,(H,23,24). The average Bonchev–Trinajstić information content (AvgIpc) is 2.69. The number of esters is 1. The molecule has 0 spiro atoms. The molecule has 1 amide bonds. The molecule has 0 bridgehead atoms. The van der Waals surface area contributed by atoms with E-state index in [0.717, 1.165) is 18.6 Å². The minimum absolute atomic E-state index is 0.279. The number of benzene rings is 2. The van der Waals surface area contributed by atoms with E-state index in [-0.39, 0.29) is 12.5 Å². The van der Waals surface area contributed by atoms with Crippen LogP contribution < -0.4 is 10.1 Å². The molecular formula is C22H27NO4. The molecule has 0 heterocycles. The Hall–Kier alpha value is -2.82. The molecule has 0 atom stereocenters. The molecule has 0 aromatic heterocycles. The van der Waals surface area contributed by atoms with Gasteiger partial charge in [-0.05, 0) is 49.7 Å². The van der Waals surface area contributed by atoms with Gasteiger partial charge in [0.1, 0.15) is 5.75 Å². The minimum Gasteiger partial charge on any atom is -0.494 e. The third-order valence-electron chi connectivity index (χ3n) is 4.05. The van der Waals surface area contributed by atoms with Gasteiger partial charge in [-0.3, -0.25) is 4.79 Å². The normalized spacial score (nSPS) is 10.3. The number of carbonyl (C=O) groups is 2. The highest BCUT2D eigenvalue weighted by Crippen LogP contribution is 2.19. The summed E-state index contributed by atoms with van der Waals surface area (Å²) in [5.74, 6) is -0.00330. The highest BCUT2D eigenvalue weighted by Gasteiger charge is 2.14. The van der Waals surface area contributed by atoms with E-state index in [4.69, 9.17) is 9.47 Å². The summed E-state index contributed by atoms with van der Waals surface area (Å²) in [7, 11) is 0. The molecule has 0 aliphatic carbocycles. The molecular weight excluding hydrogens is 342 g/mol. The highest BCUT2D eigenvalue weighted by atomic mass is 16.5. The highest BCUT2D eigenvalue weighted by molar-refractivity contribution is 6.08. The fourth-order valence-corrected chi connectivity index (χ4v) is 2.59. The van der Waals surface area contributed by atoms with Crippen LogP contribution in [0.5, 0.6) is 5.75 Å². The molecule has 2 aromatic rings. The number of hydrogen-bond acceptors (Lipinski definition) is 4. The number of nitrogens with one attached hydrogen (secondary N) is 1. The summed E-state index contributed by atoms with van der Waals surface area (Å²) in [6.45, 7) is 4.88. The number of ether oxygens (including phenoxy) is 2. The van der Waals surface area contributed by atoms with E-state index in [1.807, 2.05) is 0 Å². The van der Waals surface area contributed by atoms with Gasteiger partial charge in [0, 0.05) is 5.56 Å². The van der Waals surface area contributed by atoms with Crippen molar-refractivity contribution in [3.8, 4) is 5.75 Å². The molecule has 0 aliphatic rings. The van der Waals surface area contributed by atoms with Crippen molar-refractivity contribution in [1.29, 1.82) is 0 Å². The van der Waals surface area contributed by atoms with E-state index >= 15 is 0 Å². The molecule has 5 nitrogen and oxygen atoms in total. The minimum atomic E-state index is -0.458. The Labute approximate surface area is 160 Å². The second kappa shape index (κ2) is 11.0. The zero-order valence-electron chi connectivity index (χ0n) is 16.0. The molecule has 0 aliphatic heterocycles. The van der Waals surface area contributed by atoms with Gasteiger partial charge >= 0.3 is 5.97 Å². The van der Waals surface area contributed by atoms with E-state index < -0.39 is 5.97 Å². The van der Waals surface area contributed by atoms with Crippen LogP contribution in [0.25, 0.3) is 0 Å². The van der Waals surface area contributed by atoms with Crippen molar-refractivity contribution < 1.29 is 19.1 Å². The number of para-hydroxylation sites is 1. The quantitative estimate of drug-likeness (QED) is 0.469. The maximum atomic E-state index is 12.5. The summed E-state index contributed by atoms with van der Waals surface area (Å²) < 4.78 is 10.7. The van der Waals surface area contributed by atoms with Crippen LogP contribution >= 0.6 is 0 Å². The van der Waals surface area contributed by atoms with E-state index in [1.54, 1.807) is 55.5 Å². The SMILES string of the molecule is CCCCCCOc1ccc(C(=O)Nc2ccccc2C(=O)OCC)cc1. The Morgan fingerprint density at radius 3 is 2.37 bits per heavy atom. The molecule has 144 valence electrons. The Balaban J connectivity index is 1.96. The van der Waals surface area contributed by atoms with Crippen LogP contribution in [0, 0.1) is 0 Å². The number of rotatable bonds is 10. The van der Waals surface area contributed by atoms with Crippen molar-refractivity contribution >= 4 is 17.6 Å². The number of carbonyl (C=O) groups excluding carboxylic acids is 2. The molecule has 0 fully saturated rings. The summed E-state index contributed by atoms with van der Waals surface area (Å²) >= 11 is 0. The largest absolute Gasteiger partial charge is 0.494 e. The Bertz CT molecular complexity index is 740. The summed E-state index contributed by atoms with van der Waals surface area (Å²) in [5.41, 5.74) is 1.25. The van der Waals surface area contributed by atoms with E-state index in [1.165, 1.54) is 12.8 Å². The lowest BCUT2D eigenvalue weighted by Gasteiger charge is -2.11. The first-order valence-electron chi connectivity index (χ1n) is 9.46. The van der Waals surface area contributed by atoms with Crippen LogP contribution in [-0.2, 0) is 4.74 Å². The lowest BCUT2D eigenvalue weighted by Crippen LogP contribution is -2.15. The summed E-state index contributed by atoms with van der Waals surface area (Å²) in [4.78, 5) is 24.5.